The molecule has 0 spiro atoms. The molecule has 2 aromatic heterocycles. The molecule has 0 bridgehead atoms. The van der Waals surface area contributed by atoms with Gasteiger partial charge in [-0.25, -0.2) is 9.18 Å². The molecule has 0 aliphatic rings. The lowest BCUT2D eigenvalue weighted by Gasteiger charge is -2.15. The maximum atomic E-state index is 13.7. The summed E-state index contributed by atoms with van der Waals surface area (Å²) >= 11 is 0.978. The molecule has 174 valence electrons. The maximum absolute atomic E-state index is 13.7. The molecule has 0 fully saturated rings. The average molecular weight is 488 g/mol. The number of aromatic hydroxyl groups is 1. The van der Waals surface area contributed by atoms with Gasteiger partial charge >= 0.3 is 5.63 Å². The van der Waals surface area contributed by atoms with E-state index in [4.69, 9.17) is 9.15 Å². The Labute approximate surface area is 202 Å². The number of hydrogen-bond acceptors (Lipinski definition) is 6. The van der Waals surface area contributed by atoms with E-state index in [1.807, 2.05) is 6.07 Å². The molecule has 0 aliphatic carbocycles. The normalized spacial score (nSPS) is 11.0. The standard InChI is InChI=1S/C27H18FNO5S/c1-33-19-11-13-20(14-12-19)35-25-24(30)23-22(34-27(25)32)15-21(16-5-3-2-4-6-16)29(26(23)31)18-9-7-17(28)8-10-18/h2-15,30H,1H3. The number of methoxy groups -OCH3 is 1. The Kier molecular flexibility index (Phi) is 5.88. The lowest BCUT2D eigenvalue weighted by molar-refractivity contribution is 0.414. The van der Waals surface area contributed by atoms with Crippen molar-refractivity contribution in [2.24, 2.45) is 0 Å². The van der Waals surface area contributed by atoms with E-state index in [1.54, 1.807) is 55.6 Å². The van der Waals surface area contributed by atoms with E-state index < -0.39 is 22.8 Å². The number of pyridine rings is 1. The smallest absolute Gasteiger partial charge is 0.354 e. The van der Waals surface area contributed by atoms with Crippen LogP contribution in [0.2, 0.25) is 0 Å². The van der Waals surface area contributed by atoms with E-state index in [0.717, 1.165) is 11.8 Å². The van der Waals surface area contributed by atoms with E-state index in [-0.39, 0.29) is 15.9 Å². The van der Waals surface area contributed by atoms with Crippen molar-refractivity contribution in [1.82, 2.24) is 4.57 Å². The first-order valence-electron chi connectivity index (χ1n) is 10.6. The summed E-state index contributed by atoms with van der Waals surface area (Å²) in [6.07, 6.45) is 0. The van der Waals surface area contributed by atoms with Gasteiger partial charge in [-0.3, -0.25) is 9.36 Å². The first kappa shape index (κ1) is 22.5. The number of fused-ring (bicyclic) bond motifs is 1. The Bertz CT molecular complexity index is 1640. The zero-order valence-corrected chi connectivity index (χ0v) is 19.2. The molecule has 0 radical (unpaired) electrons. The minimum atomic E-state index is -0.770. The maximum Gasteiger partial charge on any atom is 0.354 e. The lowest BCUT2D eigenvalue weighted by atomic mass is 10.1. The summed E-state index contributed by atoms with van der Waals surface area (Å²) in [6, 6.07) is 22.9. The number of aromatic nitrogens is 1. The average Bonchev–Trinajstić information content (AvgIpc) is 2.88. The number of halogens is 1. The van der Waals surface area contributed by atoms with Crippen molar-refractivity contribution in [1.29, 1.82) is 0 Å². The van der Waals surface area contributed by atoms with Crippen LogP contribution in [0.25, 0.3) is 27.9 Å². The third-order valence-electron chi connectivity index (χ3n) is 5.45. The third kappa shape index (κ3) is 4.20. The van der Waals surface area contributed by atoms with Gasteiger partial charge in [0.05, 0.1) is 12.8 Å². The second kappa shape index (κ2) is 9.15. The number of rotatable bonds is 5. The summed E-state index contributed by atoms with van der Waals surface area (Å²) in [4.78, 5) is 27.1. The van der Waals surface area contributed by atoms with Gasteiger partial charge in [-0.15, -0.1) is 0 Å². The highest BCUT2D eigenvalue weighted by atomic mass is 32.2. The molecule has 1 N–H and O–H groups in total. The lowest BCUT2D eigenvalue weighted by Crippen LogP contribution is -2.21. The first-order chi connectivity index (χ1) is 17.0. The number of nitrogens with zero attached hydrogens (tertiary/aromatic N) is 1. The molecule has 0 saturated heterocycles. The predicted molar refractivity (Wildman–Crippen MR) is 132 cm³/mol. The third-order valence-corrected chi connectivity index (χ3v) is 6.52. The SMILES string of the molecule is COc1ccc(Sc2c(O)c3c(=O)n(-c4ccc(F)cc4)c(-c4ccccc4)cc3oc2=O)cc1. The highest BCUT2D eigenvalue weighted by Gasteiger charge is 2.22. The van der Waals surface area contributed by atoms with Crippen LogP contribution >= 0.6 is 11.8 Å². The highest BCUT2D eigenvalue weighted by Crippen LogP contribution is 2.37. The Balaban J connectivity index is 1.76. The number of benzene rings is 3. The van der Waals surface area contributed by atoms with Crippen LogP contribution in [0, 0.1) is 5.82 Å². The van der Waals surface area contributed by atoms with Crippen LogP contribution in [0.5, 0.6) is 11.5 Å². The van der Waals surface area contributed by atoms with E-state index >= 15 is 0 Å². The molecule has 5 rings (SSSR count). The zero-order valence-electron chi connectivity index (χ0n) is 18.4. The molecule has 35 heavy (non-hydrogen) atoms. The summed E-state index contributed by atoms with van der Waals surface area (Å²) in [5.74, 6) is -0.284. The van der Waals surface area contributed by atoms with Gasteiger partial charge in [0.1, 0.15) is 27.4 Å². The predicted octanol–water partition coefficient (Wildman–Crippen LogP) is 5.62. The molecule has 0 unspecified atom stereocenters. The van der Waals surface area contributed by atoms with Crippen LogP contribution < -0.4 is 15.9 Å². The minimum Gasteiger partial charge on any atom is -0.505 e. The summed E-state index contributed by atoms with van der Waals surface area (Å²) in [5.41, 5.74) is 0.0722. The monoisotopic (exact) mass is 487 g/mol. The van der Waals surface area contributed by atoms with Crippen molar-refractivity contribution in [2.75, 3.05) is 7.11 Å². The second-order valence-electron chi connectivity index (χ2n) is 7.60. The van der Waals surface area contributed by atoms with E-state index in [0.29, 0.717) is 27.6 Å². The molecule has 2 heterocycles. The van der Waals surface area contributed by atoms with Crippen LogP contribution in [0.3, 0.4) is 0 Å². The van der Waals surface area contributed by atoms with Gasteiger partial charge in [-0.2, -0.15) is 0 Å². The van der Waals surface area contributed by atoms with Crippen molar-refractivity contribution in [3.8, 4) is 28.4 Å². The Morgan fingerprint density at radius 1 is 0.943 bits per heavy atom. The van der Waals surface area contributed by atoms with Gasteiger partial charge in [0.2, 0.25) is 0 Å². The molecular formula is C27H18FNO5S. The van der Waals surface area contributed by atoms with Crippen molar-refractivity contribution in [3.63, 3.8) is 0 Å². The number of hydrogen-bond donors (Lipinski definition) is 1. The summed E-state index contributed by atoms with van der Waals surface area (Å²) in [6.45, 7) is 0. The topological polar surface area (TPSA) is 81.7 Å². The first-order valence-corrected chi connectivity index (χ1v) is 11.4. The zero-order chi connectivity index (χ0) is 24.5. The van der Waals surface area contributed by atoms with Gasteiger partial charge in [0.15, 0.2) is 5.75 Å². The van der Waals surface area contributed by atoms with Gasteiger partial charge in [-0.05, 0) is 54.1 Å². The van der Waals surface area contributed by atoms with E-state index in [2.05, 4.69) is 0 Å². The second-order valence-corrected chi connectivity index (χ2v) is 8.68. The molecule has 0 atom stereocenters. The van der Waals surface area contributed by atoms with Crippen LogP contribution in [-0.4, -0.2) is 16.8 Å². The summed E-state index contributed by atoms with van der Waals surface area (Å²) < 4.78 is 25.6. The Morgan fingerprint density at radius 2 is 1.63 bits per heavy atom. The van der Waals surface area contributed by atoms with Crippen molar-refractivity contribution in [3.05, 3.63) is 112 Å². The Morgan fingerprint density at radius 3 is 2.29 bits per heavy atom. The van der Waals surface area contributed by atoms with Crippen LogP contribution in [0.1, 0.15) is 0 Å². The molecule has 3 aromatic carbocycles. The fraction of sp³-hybridized carbons (Fsp3) is 0.0370. The fourth-order valence-electron chi connectivity index (χ4n) is 3.76. The molecule has 0 aliphatic heterocycles. The van der Waals surface area contributed by atoms with Gasteiger partial charge in [0.25, 0.3) is 5.56 Å². The van der Waals surface area contributed by atoms with E-state index in [1.165, 1.54) is 34.9 Å². The highest BCUT2D eigenvalue weighted by molar-refractivity contribution is 7.99. The number of ether oxygens (including phenoxy) is 1. The Hall–Kier alpha value is -4.30. The quantitative estimate of drug-likeness (QED) is 0.347. The van der Waals surface area contributed by atoms with Crippen LogP contribution in [0.15, 0.2) is 109 Å². The minimum absolute atomic E-state index is 0.0474. The molecule has 6 nitrogen and oxygen atoms in total. The summed E-state index contributed by atoms with van der Waals surface area (Å²) in [7, 11) is 1.54. The molecule has 0 amide bonds. The van der Waals surface area contributed by atoms with Crippen molar-refractivity contribution in [2.45, 2.75) is 9.79 Å². The van der Waals surface area contributed by atoms with Gasteiger partial charge in [-0.1, -0.05) is 42.1 Å². The van der Waals surface area contributed by atoms with Gasteiger partial charge in [0, 0.05) is 16.6 Å². The largest absolute Gasteiger partial charge is 0.505 e. The van der Waals surface area contributed by atoms with Crippen LogP contribution in [0.4, 0.5) is 4.39 Å². The molecule has 5 aromatic rings. The van der Waals surface area contributed by atoms with E-state index in [9.17, 15) is 19.1 Å². The summed E-state index contributed by atoms with van der Waals surface area (Å²) in [5, 5.41) is 10.9. The van der Waals surface area contributed by atoms with Crippen LogP contribution in [-0.2, 0) is 0 Å². The van der Waals surface area contributed by atoms with Crippen molar-refractivity contribution >= 4 is 22.7 Å². The van der Waals surface area contributed by atoms with Crippen molar-refractivity contribution < 1.29 is 18.7 Å². The molecular weight excluding hydrogens is 469 g/mol. The fourth-order valence-corrected chi connectivity index (χ4v) is 4.59. The molecule has 8 heteroatoms. The molecule has 0 saturated carbocycles. The van der Waals surface area contributed by atoms with Gasteiger partial charge < -0.3 is 14.3 Å².